The molecule has 2 aliphatic rings. The van der Waals surface area contributed by atoms with Crippen molar-refractivity contribution in [3.05, 3.63) is 46.3 Å². The van der Waals surface area contributed by atoms with E-state index < -0.39 is 10.0 Å². The summed E-state index contributed by atoms with van der Waals surface area (Å²) in [6, 6.07) is 10.4. The number of hydrogen-bond acceptors (Lipinski definition) is 6. The molecule has 1 aromatic heterocycles. The van der Waals surface area contributed by atoms with Crippen molar-refractivity contribution < 1.29 is 18.0 Å². The zero-order valence-electron chi connectivity index (χ0n) is 16.8. The fraction of sp³-hybridized carbons (Fsp3) is 0.350. The molecule has 0 N–H and O–H groups in total. The number of piperazine rings is 1. The summed E-state index contributed by atoms with van der Waals surface area (Å²) in [5.74, 6) is -0.422. The Morgan fingerprint density at radius 3 is 2.48 bits per heavy atom. The topological polar surface area (TPSA) is 90.4 Å². The molecule has 0 spiro atoms. The summed E-state index contributed by atoms with van der Waals surface area (Å²) < 4.78 is 27.5. The van der Waals surface area contributed by atoms with Crippen LogP contribution >= 0.6 is 22.9 Å². The number of rotatable bonds is 4. The number of hydrazone groups is 1. The number of benzene rings is 1. The molecule has 0 radical (unpaired) electrons. The lowest BCUT2D eigenvalue weighted by Gasteiger charge is -2.34. The van der Waals surface area contributed by atoms with Crippen molar-refractivity contribution in [2.75, 3.05) is 31.2 Å². The largest absolute Gasteiger partial charge is 0.335 e. The Morgan fingerprint density at radius 1 is 1.10 bits per heavy atom. The van der Waals surface area contributed by atoms with Crippen molar-refractivity contribution in [2.45, 2.75) is 24.0 Å². The summed E-state index contributed by atoms with van der Waals surface area (Å²) in [5.41, 5.74) is 1.92. The van der Waals surface area contributed by atoms with Crippen LogP contribution in [-0.2, 0) is 19.6 Å². The number of sulfonamides is 1. The van der Waals surface area contributed by atoms with Gasteiger partial charge in [0.1, 0.15) is 9.92 Å². The number of hydrogen-bond donors (Lipinski definition) is 0. The van der Waals surface area contributed by atoms with Gasteiger partial charge in [0.05, 0.1) is 10.0 Å². The standard InChI is InChI=1S/C20H21ClN4O4S2/c1-14-3-2-4-15(13-14)25-18(26)7-5-16(22-25)20(27)23-9-11-24(12-10-23)31(28,29)19-8-6-17(21)30-19/h2-4,6,8,13H,5,7,9-12H2,1H3. The maximum atomic E-state index is 13.0. The molecule has 0 aliphatic carbocycles. The van der Waals surface area contributed by atoms with E-state index in [0.29, 0.717) is 15.7 Å². The zero-order valence-corrected chi connectivity index (χ0v) is 19.2. The van der Waals surface area contributed by atoms with Gasteiger partial charge < -0.3 is 4.90 Å². The van der Waals surface area contributed by atoms with Gasteiger partial charge in [-0.25, -0.2) is 13.4 Å². The fourth-order valence-corrected chi connectivity index (χ4v) is 6.61. The number of thiophene rings is 1. The van der Waals surface area contributed by atoms with E-state index in [1.807, 2.05) is 25.1 Å². The molecule has 0 atom stereocenters. The molecular formula is C20H21ClN4O4S2. The highest BCUT2D eigenvalue weighted by atomic mass is 35.5. The molecule has 31 heavy (non-hydrogen) atoms. The average Bonchev–Trinajstić information content (AvgIpc) is 3.21. The first-order valence-electron chi connectivity index (χ1n) is 9.77. The van der Waals surface area contributed by atoms with E-state index in [4.69, 9.17) is 11.6 Å². The Kier molecular flexibility index (Phi) is 6.16. The quantitative estimate of drug-likeness (QED) is 0.672. The number of anilines is 1. The number of carbonyl (C=O) groups excluding carboxylic acids is 2. The van der Waals surface area contributed by atoms with Gasteiger partial charge in [0.25, 0.3) is 15.9 Å². The van der Waals surface area contributed by atoms with Gasteiger partial charge >= 0.3 is 0 Å². The maximum Gasteiger partial charge on any atom is 0.270 e. The van der Waals surface area contributed by atoms with E-state index in [1.165, 1.54) is 15.4 Å². The highest BCUT2D eigenvalue weighted by molar-refractivity contribution is 7.91. The van der Waals surface area contributed by atoms with E-state index in [2.05, 4.69) is 5.10 Å². The minimum Gasteiger partial charge on any atom is -0.335 e. The van der Waals surface area contributed by atoms with Gasteiger partial charge in [0, 0.05) is 39.0 Å². The third-order valence-corrected chi connectivity index (χ3v) is 8.79. The Bertz CT molecular complexity index is 1150. The Balaban J connectivity index is 1.46. The summed E-state index contributed by atoms with van der Waals surface area (Å²) in [5, 5.41) is 5.61. The third kappa shape index (κ3) is 4.52. The van der Waals surface area contributed by atoms with E-state index >= 15 is 0 Å². The van der Waals surface area contributed by atoms with Crippen LogP contribution in [0.15, 0.2) is 45.7 Å². The molecule has 8 nitrogen and oxygen atoms in total. The smallest absolute Gasteiger partial charge is 0.270 e. The van der Waals surface area contributed by atoms with Crippen LogP contribution in [0, 0.1) is 6.92 Å². The molecule has 2 aliphatic heterocycles. The molecule has 0 unspecified atom stereocenters. The predicted molar refractivity (Wildman–Crippen MR) is 120 cm³/mol. The second-order valence-corrected chi connectivity index (χ2v) is 11.2. The summed E-state index contributed by atoms with van der Waals surface area (Å²) >= 11 is 6.89. The average molecular weight is 481 g/mol. The molecule has 0 saturated carbocycles. The van der Waals surface area contributed by atoms with Gasteiger partial charge in [-0.2, -0.15) is 9.41 Å². The molecule has 2 amide bonds. The van der Waals surface area contributed by atoms with Crippen LogP contribution in [0.5, 0.6) is 0 Å². The van der Waals surface area contributed by atoms with Gasteiger partial charge in [-0.05, 0) is 36.8 Å². The van der Waals surface area contributed by atoms with Crippen LogP contribution in [0.3, 0.4) is 0 Å². The number of amides is 2. The lowest BCUT2D eigenvalue weighted by molar-refractivity contribution is -0.125. The second-order valence-electron chi connectivity index (χ2n) is 7.35. The van der Waals surface area contributed by atoms with Crippen molar-refractivity contribution in [1.82, 2.24) is 9.21 Å². The predicted octanol–water partition coefficient (Wildman–Crippen LogP) is 2.73. The molecule has 4 rings (SSSR count). The Labute approximate surface area is 189 Å². The van der Waals surface area contributed by atoms with Crippen molar-refractivity contribution in [3.8, 4) is 0 Å². The summed E-state index contributed by atoms with van der Waals surface area (Å²) in [4.78, 5) is 27.0. The minimum absolute atomic E-state index is 0.160. The highest BCUT2D eigenvalue weighted by Gasteiger charge is 2.34. The molecule has 164 valence electrons. The molecule has 3 heterocycles. The molecule has 1 saturated heterocycles. The van der Waals surface area contributed by atoms with Gasteiger partial charge in [-0.1, -0.05) is 23.7 Å². The highest BCUT2D eigenvalue weighted by Crippen LogP contribution is 2.29. The number of halogens is 1. The van der Waals surface area contributed by atoms with E-state index in [9.17, 15) is 18.0 Å². The summed E-state index contributed by atoms with van der Waals surface area (Å²) in [7, 11) is -3.63. The normalized spacial score (nSPS) is 18.3. The van der Waals surface area contributed by atoms with Crippen molar-refractivity contribution >= 4 is 56.2 Å². The number of nitrogens with zero attached hydrogens (tertiary/aromatic N) is 4. The second kappa shape index (κ2) is 8.70. The molecule has 1 aromatic carbocycles. The summed E-state index contributed by atoms with van der Waals surface area (Å²) in [6.07, 6.45) is 0.470. The molecular weight excluding hydrogens is 460 g/mol. The first-order valence-corrected chi connectivity index (χ1v) is 12.4. The molecule has 11 heteroatoms. The van der Waals surface area contributed by atoms with Gasteiger partial charge in [0.15, 0.2) is 0 Å². The van der Waals surface area contributed by atoms with Crippen LogP contribution < -0.4 is 5.01 Å². The molecule has 0 bridgehead atoms. The Morgan fingerprint density at radius 2 is 1.84 bits per heavy atom. The SMILES string of the molecule is Cc1cccc(N2N=C(C(=O)N3CCN(S(=O)(=O)c4ccc(Cl)s4)CC3)CCC2=O)c1. The number of aryl methyl sites for hydroxylation is 1. The van der Waals surface area contributed by atoms with Gasteiger partial charge in [0.2, 0.25) is 5.91 Å². The Hall–Kier alpha value is -2.27. The third-order valence-electron chi connectivity index (χ3n) is 5.19. The van der Waals surface area contributed by atoms with Gasteiger partial charge in [-0.3, -0.25) is 9.59 Å². The first kappa shape index (κ1) is 21.9. The first-order chi connectivity index (χ1) is 14.8. The van der Waals surface area contributed by atoms with E-state index in [-0.39, 0.29) is 55.0 Å². The summed E-state index contributed by atoms with van der Waals surface area (Å²) in [6.45, 7) is 2.82. The van der Waals surface area contributed by atoms with Crippen LogP contribution in [0.4, 0.5) is 5.69 Å². The van der Waals surface area contributed by atoms with Crippen molar-refractivity contribution in [2.24, 2.45) is 5.10 Å². The zero-order chi connectivity index (χ0) is 22.2. The van der Waals surface area contributed by atoms with Crippen LogP contribution in [0.1, 0.15) is 18.4 Å². The molecule has 1 fully saturated rings. The number of carbonyl (C=O) groups is 2. The van der Waals surface area contributed by atoms with Crippen LogP contribution in [0.2, 0.25) is 4.34 Å². The van der Waals surface area contributed by atoms with Gasteiger partial charge in [-0.15, -0.1) is 11.3 Å². The molecule has 2 aromatic rings. The van der Waals surface area contributed by atoms with Crippen molar-refractivity contribution in [1.29, 1.82) is 0 Å². The van der Waals surface area contributed by atoms with Crippen LogP contribution in [-0.4, -0.2) is 61.3 Å². The van der Waals surface area contributed by atoms with E-state index in [1.54, 1.807) is 17.0 Å². The lowest BCUT2D eigenvalue weighted by Crippen LogP contribution is -2.52. The van der Waals surface area contributed by atoms with E-state index in [0.717, 1.165) is 16.9 Å². The maximum absolute atomic E-state index is 13.0. The minimum atomic E-state index is -3.63. The lowest BCUT2D eigenvalue weighted by atomic mass is 10.1. The monoisotopic (exact) mass is 480 g/mol. The fourth-order valence-electron chi connectivity index (χ4n) is 3.55. The van der Waals surface area contributed by atoms with Crippen molar-refractivity contribution in [3.63, 3.8) is 0 Å². The van der Waals surface area contributed by atoms with Crippen LogP contribution in [0.25, 0.3) is 0 Å².